The highest BCUT2D eigenvalue weighted by Gasteiger charge is 2.20. The number of carbonyl (C=O) groups excluding carboxylic acids is 2. The van der Waals surface area contributed by atoms with Gasteiger partial charge in [-0.05, 0) is 68.1 Å². The Morgan fingerprint density at radius 2 is 1.70 bits per heavy atom. The van der Waals surface area contributed by atoms with Gasteiger partial charge >= 0.3 is 0 Å². The van der Waals surface area contributed by atoms with E-state index in [1.54, 1.807) is 6.92 Å². The van der Waals surface area contributed by atoms with Gasteiger partial charge in [0.05, 0.1) is 16.6 Å². The van der Waals surface area contributed by atoms with Crippen LogP contribution in [-0.4, -0.2) is 21.4 Å². The molecule has 0 saturated heterocycles. The number of thiophene rings is 1. The molecule has 4 rings (SSSR count). The molecule has 2 heterocycles. The van der Waals surface area contributed by atoms with Gasteiger partial charge in [-0.15, -0.1) is 11.3 Å². The van der Waals surface area contributed by atoms with Crippen molar-refractivity contribution >= 4 is 44.7 Å². The zero-order valence-corrected chi connectivity index (χ0v) is 19.7. The molecule has 0 spiro atoms. The highest BCUT2D eigenvalue weighted by atomic mass is 32.1. The third-order valence-corrected chi connectivity index (χ3v) is 6.53. The van der Waals surface area contributed by atoms with Crippen LogP contribution in [0.3, 0.4) is 0 Å². The maximum absolute atomic E-state index is 13.1. The second kappa shape index (κ2) is 8.99. The number of rotatable bonds is 5. The first kappa shape index (κ1) is 22.4. The molecule has 33 heavy (non-hydrogen) atoms. The molecule has 0 radical (unpaired) electrons. The monoisotopic (exact) mass is 460 g/mol. The summed E-state index contributed by atoms with van der Waals surface area (Å²) in [6.07, 6.45) is 1.35. The number of benzene rings is 2. The molecule has 2 amide bonds. The molecule has 7 nitrogen and oxygen atoms in total. The third kappa shape index (κ3) is 4.70. The van der Waals surface area contributed by atoms with E-state index in [1.807, 2.05) is 63.2 Å². The van der Waals surface area contributed by atoms with Gasteiger partial charge in [0.25, 0.3) is 11.5 Å². The molecule has 0 bridgehead atoms. The number of carbonyl (C=O) groups is 2. The number of nitrogens with zero attached hydrogens (tertiary/aromatic N) is 2. The Labute approximate surface area is 195 Å². The molecule has 0 unspecified atom stereocenters. The molecule has 2 N–H and O–H groups in total. The summed E-state index contributed by atoms with van der Waals surface area (Å²) < 4.78 is 1.27. The van der Waals surface area contributed by atoms with Crippen LogP contribution in [-0.2, 0) is 11.3 Å². The molecule has 0 saturated carbocycles. The zero-order valence-electron chi connectivity index (χ0n) is 18.9. The average molecular weight is 461 g/mol. The summed E-state index contributed by atoms with van der Waals surface area (Å²) in [5.41, 5.74) is 4.63. The van der Waals surface area contributed by atoms with Gasteiger partial charge in [-0.3, -0.25) is 19.0 Å². The molecule has 8 heteroatoms. The summed E-state index contributed by atoms with van der Waals surface area (Å²) in [4.78, 5) is 43.8. The van der Waals surface area contributed by atoms with Crippen LogP contribution in [0.25, 0.3) is 10.2 Å². The van der Waals surface area contributed by atoms with Crippen molar-refractivity contribution in [2.24, 2.45) is 0 Å². The van der Waals surface area contributed by atoms with Crippen molar-refractivity contribution in [2.75, 3.05) is 10.6 Å². The first-order chi connectivity index (χ1) is 15.7. The number of hydrogen-bond acceptors (Lipinski definition) is 5. The first-order valence-electron chi connectivity index (χ1n) is 10.5. The predicted molar refractivity (Wildman–Crippen MR) is 132 cm³/mol. The van der Waals surface area contributed by atoms with Gasteiger partial charge in [-0.1, -0.05) is 24.3 Å². The highest BCUT2D eigenvalue weighted by molar-refractivity contribution is 7.20. The molecule has 0 aliphatic rings. The molecule has 4 aromatic rings. The summed E-state index contributed by atoms with van der Waals surface area (Å²) >= 11 is 1.17. The summed E-state index contributed by atoms with van der Waals surface area (Å²) in [6, 6.07) is 13.3. The van der Waals surface area contributed by atoms with E-state index in [1.165, 1.54) is 22.2 Å². The smallest absolute Gasteiger partial charge is 0.266 e. The third-order valence-electron chi connectivity index (χ3n) is 5.34. The van der Waals surface area contributed by atoms with Gasteiger partial charge in [0.2, 0.25) is 5.91 Å². The van der Waals surface area contributed by atoms with Crippen molar-refractivity contribution in [2.45, 2.75) is 34.2 Å². The van der Waals surface area contributed by atoms with Gasteiger partial charge in [-0.2, -0.15) is 0 Å². The lowest BCUT2D eigenvalue weighted by molar-refractivity contribution is -0.116. The minimum atomic E-state index is -0.348. The maximum Gasteiger partial charge on any atom is 0.266 e. The van der Waals surface area contributed by atoms with E-state index in [2.05, 4.69) is 15.6 Å². The van der Waals surface area contributed by atoms with Crippen LogP contribution in [0.2, 0.25) is 0 Å². The molecule has 0 aliphatic heterocycles. The standard InChI is InChI=1S/C25H24N4O3S/c1-14-9-15(2)11-18(10-14)27-20(30)12-29-13-26-24-21(25(29)32)17(4)22(33-24)23(31)28-19-8-6-5-7-16(19)3/h5-11,13H,12H2,1-4H3,(H,27,30)(H,28,31). The topological polar surface area (TPSA) is 93.1 Å². The van der Waals surface area contributed by atoms with Crippen LogP contribution in [0.1, 0.15) is 31.9 Å². The molecular formula is C25H24N4O3S. The Morgan fingerprint density at radius 1 is 1.00 bits per heavy atom. The molecule has 2 aromatic heterocycles. The summed E-state index contributed by atoms with van der Waals surface area (Å²) in [5, 5.41) is 6.09. The number of fused-ring (bicyclic) bond motifs is 1. The second-order valence-electron chi connectivity index (χ2n) is 8.11. The van der Waals surface area contributed by atoms with Crippen LogP contribution >= 0.6 is 11.3 Å². The number of nitrogens with one attached hydrogen (secondary N) is 2. The van der Waals surface area contributed by atoms with E-state index >= 15 is 0 Å². The number of aryl methyl sites for hydroxylation is 4. The van der Waals surface area contributed by atoms with Crippen molar-refractivity contribution in [3.8, 4) is 0 Å². The highest BCUT2D eigenvalue weighted by Crippen LogP contribution is 2.28. The molecule has 0 fully saturated rings. The number of amides is 2. The quantitative estimate of drug-likeness (QED) is 0.456. The Kier molecular flexibility index (Phi) is 6.11. The Morgan fingerprint density at radius 3 is 2.39 bits per heavy atom. The van der Waals surface area contributed by atoms with E-state index in [4.69, 9.17) is 0 Å². The average Bonchev–Trinajstić information content (AvgIpc) is 3.08. The lowest BCUT2D eigenvalue weighted by Gasteiger charge is -2.09. The predicted octanol–water partition coefficient (Wildman–Crippen LogP) is 4.58. The molecule has 168 valence electrons. The molecule has 0 aliphatic carbocycles. The second-order valence-corrected chi connectivity index (χ2v) is 9.11. The summed E-state index contributed by atoms with van der Waals surface area (Å²) in [5.74, 6) is -0.614. The van der Waals surface area contributed by atoms with Crippen molar-refractivity contribution in [1.82, 2.24) is 9.55 Å². The summed E-state index contributed by atoms with van der Waals surface area (Å²) in [6.45, 7) is 7.38. The van der Waals surface area contributed by atoms with Crippen molar-refractivity contribution in [3.05, 3.63) is 86.3 Å². The van der Waals surface area contributed by atoms with Crippen LogP contribution < -0.4 is 16.2 Å². The van der Waals surface area contributed by atoms with Crippen LogP contribution in [0.4, 0.5) is 11.4 Å². The Hall–Kier alpha value is -3.78. The lowest BCUT2D eigenvalue weighted by atomic mass is 10.1. The van der Waals surface area contributed by atoms with Crippen LogP contribution in [0, 0.1) is 27.7 Å². The summed E-state index contributed by atoms with van der Waals surface area (Å²) in [7, 11) is 0. The molecule has 0 atom stereocenters. The van der Waals surface area contributed by atoms with Crippen LogP contribution in [0.5, 0.6) is 0 Å². The normalized spacial score (nSPS) is 10.9. The minimum absolute atomic E-state index is 0.172. The van der Waals surface area contributed by atoms with E-state index in [0.29, 0.717) is 32.0 Å². The fourth-order valence-corrected chi connectivity index (χ4v) is 4.82. The Balaban J connectivity index is 1.59. The first-order valence-corrected chi connectivity index (χ1v) is 11.3. The number of hydrogen-bond donors (Lipinski definition) is 2. The lowest BCUT2D eigenvalue weighted by Crippen LogP contribution is -2.28. The fraction of sp³-hybridized carbons (Fsp3) is 0.200. The minimum Gasteiger partial charge on any atom is -0.325 e. The van der Waals surface area contributed by atoms with Gasteiger partial charge in [0.1, 0.15) is 11.4 Å². The van der Waals surface area contributed by atoms with E-state index in [0.717, 1.165) is 16.7 Å². The van der Waals surface area contributed by atoms with Crippen molar-refractivity contribution in [3.63, 3.8) is 0 Å². The number of anilines is 2. The SMILES string of the molecule is Cc1cc(C)cc(NC(=O)Cn2cnc3sc(C(=O)Nc4ccccc4C)c(C)c3c2=O)c1. The van der Waals surface area contributed by atoms with Gasteiger partial charge in [-0.25, -0.2) is 4.98 Å². The Bertz CT molecular complexity index is 1430. The molecular weight excluding hydrogens is 436 g/mol. The fourth-order valence-electron chi connectivity index (χ4n) is 3.78. The van der Waals surface area contributed by atoms with Gasteiger partial charge in [0.15, 0.2) is 0 Å². The maximum atomic E-state index is 13.1. The number of aromatic nitrogens is 2. The van der Waals surface area contributed by atoms with E-state index < -0.39 is 0 Å². The molecule has 2 aromatic carbocycles. The van der Waals surface area contributed by atoms with Crippen molar-refractivity contribution in [1.29, 1.82) is 0 Å². The van der Waals surface area contributed by atoms with Crippen molar-refractivity contribution < 1.29 is 9.59 Å². The van der Waals surface area contributed by atoms with E-state index in [9.17, 15) is 14.4 Å². The van der Waals surface area contributed by atoms with Gasteiger partial charge in [0, 0.05) is 11.4 Å². The van der Waals surface area contributed by atoms with Crippen LogP contribution in [0.15, 0.2) is 53.6 Å². The van der Waals surface area contributed by atoms with E-state index in [-0.39, 0.29) is 23.9 Å². The number of para-hydroxylation sites is 1. The largest absolute Gasteiger partial charge is 0.325 e. The zero-order chi connectivity index (χ0) is 23.7. The van der Waals surface area contributed by atoms with Gasteiger partial charge < -0.3 is 10.6 Å².